The van der Waals surface area contributed by atoms with E-state index in [0.717, 1.165) is 4.73 Å². The number of aromatic nitrogens is 1. The van der Waals surface area contributed by atoms with Crippen LogP contribution in [0.3, 0.4) is 0 Å². The number of nitrogens with zero attached hydrogens (tertiary/aromatic N) is 1. The van der Waals surface area contributed by atoms with E-state index in [1.807, 2.05) is 6.92 Å². The van der Waals surface area contributed by atoms with E-state index >= 15 is 0 Å². The molecule has 1 saturated heterocycles. The van der Waals surface area contributed by atoms with E-state index in [-0.39, 0.29) is 17.3 Å². The summed E-state index contributed by atoms with van der Waals surface area (Å²) in [5, 5.41) is 11.6. The summed E-state index contributed by atoms with van der Waals surface area (Å²) >= 11 is 1.27. The summed E-state index contributed by atoms with van der Waals surface area (Å²) in [4.78, 5) is 11.3. The van der Waals surface area contributed by atoms with E-state index in [1.54, 1.807) is 18.2 Å². The molecule has 1 aliphatic rings. The van der Waals surface area contributed by atoms with Gasteiger partial charge in [0.15, 0.2) is 6.20 Å². The van der Waals surface area contributed by atoms with Crippen molar-refractivity contribution >= 4 is 17.7 Å². The molecule has 0 unspecified atom stereocenters. The van der Waals surface area contributed by atoms with Crippen LogP contribution >= 0.6 is 11.8 Å². The Bertz CT molecular complexity index is 383. The van der Waals surface area contributed by atoms with Gasteiger partial charge in [-0.25, -0.2) is 0 Å². The minimum atomic E-state index is -0.248. The fourth-order valence-electron chi connectivity index (χ4n) is 1.47. The largest absolute Gasteiger partial charge is 0.618 e. The Morgan fingerprint density at radius 3 is 3.00 bits per heavy atom. The molecule has 1 aromatic heterocycles. The number of hydrogen-bond donors (Lipinski definition) is 0. The summed E-state index contributed by atoms with van der Waals surface area (Å²) in [5.41, 5.74) is 0. The lowest BCUT2D eigenvalue weighted by Crippen LogP contribution is -2.29. The van der Waals surface area contributed by atoms with Crippen LogP contribution in [-0.2, 0) is 9.53 Å². The van der Waals surface area contributed by atoms with Gasteiger partial charge in [-0.15, -0.1) is 0 Å². The van der Waals surface area contributed by atoms with Crippen LogP contribution < -0.4 is 4.73 Å². The molecular weight excluding hydrogens is 214 g/mol. The van der Waals surface area contributed by atoms with Gasteiger partial charge >= 0.3 is 5.97 Å². The standard InChI is InChI=1S/C10H11NO3S/c1-7-6-8(10(12)14-7)15-9-4-2-3-5-11(9)13/h2-5,7-8H,6H2,1H3/t7-,8+/m0/s1. The summed E-state index contributed by atoms with van der Waals surface area (Å²) in [6.45, 7) is 1.86. The van der Waals surface area contributed by atoms with Crippen molar-refractivity contribution in [3.05, 3.63) is 29.6 Å². The Morgan fingerprint density at radius 2 is 2.40 bits per heavy atom. The van der Waals surface area contributed by atoms with Gasteiger partial charge in [-0.3, -0.25) is 4.79 Å². The first-order valence-electron chi connectivity index (χ1n) is 4.72. The normalized spacial score (nSPS) is 25.3. The second-order valence-electron chi connectivity index (χ2n) is 3.45. The SMILES string of the molecule is C[C@H]1C[C@@H](Sc2cccc[n+]2[O-])C(=O)O1. The molecule has 0 spiro atoms. The Morgan fingerprint density at radius 1 is 1.60 bits per heavy atom. The van der Waals surface area contributed by atoms with Crippen molar-refractivity contribution < 1.29 is 14.3 Å². The molecule has 1 fully saturated rings. The maximum absolute atomic E-state index is 11.3. The molecule has 0 amide bonds. The fraction of sp³-hybridized carbons (Fsp3) is 0.400. The van der Waals surface area contributed by atoms with Crippen LogP contribution in [0.4, 0.5) is 0 Å². The zero-order valence-electron chi connectivity index (χ0n) is 8.25. The second-order valence-corrected chi connectivity index (χ2v) is 4.68. The van der Waals surface area contributed by atoms with Gasteiger partial charge in [0.25, 0.3) is 5.03 Å². The van der Waals surface area contributed by atoms with Gasteiger partial charge in [-0.05, 0) is 24.8 Å². The first-order chi connectivity index (χ1) is 7.16. The highest BCUT2D eigenvalue weighted by Gasteiger charge is 2.34. The molecule has 5 heteroatoms. The Kier molecular flexibility index (Phi) is 2.81. The maximum atomic E-state index is 11.3. The van der Waals surface area contributed by atoms with Gasteiger partial charge in [0.1, 0.15) is 11.4 Å². The molecule has 1 aromatic rings. The molecule has 0 radical (unpaired) electrons. The van der Waals surface area contributed by atoms with Crippen LogP contribution in [0.1, 0.15) is 13.3 Å². The predicted molar refractivity (Wildman–Crippen MR) is 55.2 cm³/mol. The van der Waals surface area contributed by atoms with E-state index in [0.29, 0.717) is 11.4 Å². The lowest BCUT2D eigenvalue weighted by Gasteiger charge is -2.05. The molecule has 0 saturated carbocycles. The minimum absolute atomic E-state index is 0.0428. The van der Waals surface area contributed by atoms with E-state index in [2.05, 4.69) is 0 Å². The topological polar surface area (TPSA) is 53.2 Å². The van der Waals surface area contributed by atoms with Gasteiger partial charge < -0.3 is 9.94 Å². The van der Waals surface area contributed by atoms with Crippen molar-refractivity contribution in [1.29, 1.82) is 0 Å². The van der Waals surface area contributed by atoms with Crippen LogP contribution in [0.15, 0.2) is 29.4 Å². The van der Waals surface area contributed by atoms with Crippen molar-refractivity contribution in [1.82, 2.24) is 0 Å². The number of esters is 1. The number of hydrogen-bond acceptors (Lipinski definition) is 4. The minimum Gasteiger partial charge on any atom is -0.618 e. The van der Waals surface area contributed by atoms with Crippen LogP contribution in [0.5, 0.6) is 0 Å². The number of thioether (sulfide) groups is 1. The highest BCUT2D eigenvalue weighted by Crippen LogP contribution is 2.29. The Balaban J connectivity index is 2.09. The third kappa shape index (κ3) is 2.23. The molecule has 2 heterocycles. The molecule has 2 rings (SSSR count). The van der Waals surface area contributed by atoms with Crippen LogP contribution in [0.25, 0.3) is 0 Å². The Hall–Kier alpha value is -1.23. The van der Waals surface area contributed by atoms with E-state index in [1.165, 1.54) is 18.0 Å². The summed E-state index contributed by atoms with van der Waals surface area (Å²) in [5.74, 6) is -0.226. The molecule has 0 aromatic carbocycles. The molecule has 80 valence electrons. The van der Waals surface area contributed by atoms with Gasteiger partial charge in [-0.1, -0.05) is 0 Å². The van der Waals surface area contributed by atoms with Crippen LogP contribution in [0.2, 0.25) is 0 Å². The van der Waals surface area contributed by atoms with E-state index < -0.39 is 0 Å². The molecule has 2 atom stereocenters. The van der Waals surface area contributed by atoms with Crippen molar-refractivity contribution in [2.45, 2.75) is 29.7 Å². The third-order valence-corrected chi connectivity index (χ3v) is 3.40. The summed E-state index contributed by atoms with van der Waals surface area (Å²) in [6.07, 6.45) is 2.04. The molecule has 4 nitrogen and oxygen atoms in total. The second kappa shape index (κ2) is 4.10. The number of carbonyl (C=O) groups is 1. The van der Waals surface area contributed by atoms with Crippen LogP contribution in [0, 0.1) is 5.21 Å². The van der Waals surface area contributed by atoms with Crippen molar-refractivity contribution in [3.63, 3.8) is 0 Å². The number of rotatable bonds is 2. The van der Waals surface area contributed by atoms with Gasteiger partial charge in [-0.2, -0.15) is 4.73 Å². The summed E-state index contributed by atoms with van der Waals surface area (Å²) in [7, 11) is 0. The summed E-state index contributed by atoms with van der Waals surface area (Å²) in [6, 6.07) is 5.14. The van der Waals surface area contributed by atoms with Gasteiger partial charge in [0, 0.05) is 18.6 Å². The third-order valence-electron chi connectivity index (χ3n) is 2.18. The number of pyridine rings is 1. The predicted octanol–water partition coefficient (Wildman–Crippen LogP) is 1.12. The molecule has 0 N–H and O–H groups in total. The average molecular weight is 225 g/mol. The monoisotopic (exact) mass is 225 g/mol. The lowest BCUT2D eigenvalue weighted by molar-refractivity contribution is -0.645. The highest BCUT2D eigenvalue weighted by atomic mass is 32.2. The van der Waals surface area contributed by atoms with Crippen LogP contribution in [-0.4, -0.2) is 17.3 Å². The highest BCUT2D eigenvalue weighted by molar-refractivity contribution is 8.00. The van der Waals surface area contributed by atoms with Gasteiger partial charge in [0.05, 0.1) is 0 Å². The van der Waals surface area contributed by atoms with E-state index in [4.69, 9.17) is 4.74 Å². The molecule has 1 aliphatic heterocycles. The smallest absolute Gasteiger partial charge is 0.320 e. The van der Waals surface area contributed by atoms with Crippen molar-refractivity contribution in [3.8, 4) is 0 Å². The average Bonchev–Trinajstić information content (AvgIpc) is 2.49. The number of cyclic esters (lactones) is 1. The van der Waals surface area contributed by atoms with Crippen molar-refractivity contribution in [2.75, 3.05) is 0 Å². The fourth-order valence-corrected chi connectivity index (χ4v) is 2.60. The Labute approximate surface area is 91.8 Å². The molecule has 15 heavy (non-hydrogen) atoms. The number of carbonyl (C=O) groups excluding carboxylic acids is 1. The van der Waals surface area contributed by atoms with Gasteiger partial charge in [0.2, 0.25) is 0 Å². The number of ether oxygens (including phenoxy) is 1. The zero-order chi connectivity index (χ0) is 10.8. The molecular formula is C10H11NO3S. The first-order valence-corrected chi connectivity index (χ1v) is 5.60. The first kappa shape index (κ1) is 10.3. The zero-order valence-corrected chi connectivity index (χ0v) is 9.07. The van der Waals surface area contributed by atoms with Crippen molar-refractivity contribution in [2.24, 2.45) is 0 Å². The quantitative estimate of drug-likeness (QED) is 0.430. The summed E-state index contributed by atoms with van der Waals surface area (Å²) < 4.78 is 5.78. The van der Waals surface area contributed by atoms with E-state index in [9.17, 15) is 10.0 Å². The molecule has 0 bridgehead atoms. The molecule has 0 aliphatic carbocycles. The lowest BCUT2D eigenvalue weighted by atomic mass is 10.3. The maximum Gasteiger partial charge on any atom is 0.320 e.